The zero-order valence-electron chi connectivity index (χ0n) is 10.8. The van der Waals surface area contributed by atoms with E-state index in [1.54, 1.807) is 11.9 Å². The maximum atomic E-state index is 11.7. The summed E-state index contributed by atoms with van der Waals surface area (Å²) < 4.78 is 0. The Labute approximate surface area is 103 Å². The van der Waals surface area contributed by atoms with Gasteiger partial charge in [0.1, 0.15) is 0 Å². The highest BCUT2D eigenvalue weighted by molar-refractivity contribution is 5.84. The Bertz CT molecular complexity index is 282. The number of carbonyl (C=O) groups excluding carboxylic acids is 2. The van der Waals surface area contributed by atoms with Crippen molar-refractivity contribution in [1.82, 2.24) is 10.2 Å². The van der Waals surface area contributed by atoms with E-state index >= 15 is 0 Å². The lowest BCUT2D eigenvalue weighted by Gasteiger charge is -2.40. The molecular formula is C12H23N3O2. The second kappa shape index (κ2) is 6.00. The Morgan fingerprint density at radius 3 is 2.47 bits per heavy atom. The largest absolute Gasteiger partial charge is 0.347 e. The van der Waals surface area contributed by atoms with Gasteiger partial charge in [0.25, 0.3) is 0 Å². The second-order valence-corrected chi connectivity index (χ2v) is 4.92. The fourth-order valence-corrected chi connectivity index (χ4v) is 2.02. The molecule has 0 atom stereocenters. The Morgan fingerprint density at radius 1 is 1.41 bits per heavy atom. The maximum Gasteiger partial charge on any atom is 0.241 e. The van der Waals surface area contributed by atoms with Crippen LogP contribution in [0.5, 0.6) is 0 Å². The van der Waals surface area contributed by atoms with E-state index in [1.165, 1.54) is 0 Å². The van der Waals surface area contributed by atoms with Crippen LogP contribution in [0, 0.1) is 5.41 Å². The van der Waals surface area contributed by atoms with E-state index in [9.17, 15) is 9.59 Å². The van der Waals surface area contributed by atoms with Crippen LogP contribution in [-0.4, -0.2) is 43.4 Å². The highest BCUT2D eigenvalue weighted by Gasteiger charge is 2.37. The van der Waals surface area contributed by atoms with Crippen LogP contribution in [-0.2, 0) is 9.59 Å². The molecule has 1 fully saturated rings. The fraction of sp³-hybridized carbons (Fsp3) is 0.833. The highest BCUT2D eigenvalue weighted by atomic mass is 16.2. The topological polar surface area (TPSA) is 75.4 Å². The van der Waals surface area contributed by atoms with Crippen LogP contribution >= 0.6 is 0 Å². The molecule has 3 N–H and O–H groups in total. The van der Waals surface area contributed by atoms with Crippen LogP contribution < -0.4 is 11.1 Å². The molecule has 0 saturated heterocycles. The van der Waals surface area contributed by atoms with Crippen molar-refractivity contribution in [3.05, 3.63) is 0 Å². The Morgan fingerprint density at radius 2 is 2.06 bits per heavy atom. The lowest BCUT2D eigenvalue weighted by Crippen LogP contribution is -2.44. The molecule has 0 aromatic heterocycles. The summed E-state index contributed by atoms with van der Waals surface area (Å²) in [7, 11) is 1.72. The van der Waals surface area contributed by atoms with Crippen LogP contribution in [0.1, 0.15) is 32.6 Å². The standard InChI is InChI=1S/C12H23N3O2/c1-3-15(2)11(17)8-14-10(16)7-12(9-13)5-4-6-12/h3-9,13H2,1-2H3,(H,14,16). The minimum Gasteiger partial charge on any atom is -0.347 e. The maximum absolute atomic E-state index is 11.7. The molecule has 1 saturated carbocycles. The van der Waals surface area contributed by atoms with E-state index in [0.29, 0.717) is 19.5 Å². The van der Waals surface area contributed by atoms with E-state index in [2.05, 4.69) is 5.32 Å². The average molecular weight is 241 g/mol. The van der Waals surface area contributed by atoms with E-state index < -0.39 is 0 Å². The highest BCUT2D eigenvalue weighted by Crippen LogP contribution is 2.42. The minimum absolute atomic E-state index is 0.00376. The third kappa shape index (κ3) is 3.70. The van der Waals surface area contributed by atoms with Gasteiger partial charge in [0.05, 0.1) is 6.54 Å². The van der Waals surface area contributed by atoms with Gasteiger partial charge in [0.2, 0.25) is 11.8 Å². The second-order valence-electron chi connectivity index (χ2n) is 4.92. The summed E-state index contributed by atoms with van der Waals surface area (Å²) in [5.41, 5.74) is 5.69. The molecule has 0 spiro atoms. The summed E-state index contributed by atoms with van der Waals surface area (Å²) in [5.74, 6) is -0.121. The molecule has 2 amide bonds. The number of nitrogens with zero attached hydrogens (tertiary/aromatic N) is 1. The number of nitrogens with two attached hydrogens (primary N) is 1. The van der Waals surface area contributed by atoms with Gasteiger partial charge in [-0.05, 0) is 31.7 Å². The molecule has 0 aromatic rings. The monoisotopic (exact) mass is 241 g/mol. The summed E-state index contributed by atoms with van der Waals surface area (Å²) in [5, 5.41) is 2.67. The van der Waals surface area contributed by atoms with Crippen molar-refractivity contribution in [2.75, 3.05) is 26.7 Å². The molecule has 17 heavy (non-hydrogen) atoms. The summed E-state index contributed by atoms with van der Waals surface area (Å²) >= 11 is 0. The fourth-order valence-electron chi connectivity index (χ4n) is 2.02. The minimum atomic E-state index is -0.0620. The number of likely N-dealkylation sites (N-methyl/N-ethyl adjacent to an activating group) is 1. The Hall–Kier alpha value is -1.10. The molecule has 0 aromatic carbocycles. The van der Waals surface area contributed by atoms with Gasteiger partial charge in [-0.2, -0.15) is 0 Å². The molecule has 0 radical (unpaired) electrons. The van der Waals surface area contributed by atoms with Gasteiger partial charge in [0, 0.05) is 20.0 Å². The molecule has 0 aliphatic heterocycles. The van der Waals surface area contributed by atoms with Gasteiger partial charge in [-0.3, -0.25) is 9.59 Å². The normalized spacial score (nSPS) is 17.1. The first-order valence-corrected chi connectivity index (χ1v) is 6.24. The van der Waals surface area contributed by atoms with Gasteiger partial charge >= 0.3 is 0 Å². The van der Waals surface area contributed by atoms with Gasteiger partial charge < -0.3 is 16.0 Å². The van der Waals surface area contributed by atoms with Crippen molar-refractivity contribution in [3.8, 4) is 0 Å². The number of rotatable bonds is 6. The smallest absolute Gasteiger partial charge is 0.241 e. The van der Waals surface area contributed by atoms with Gasteiger partial charge in [-0.1, -0.05) is 6.42 Å². The zero-order valence-corrected chi connectivity index (χ0v) is 10.8. The predicted octanol–water partition coefficient (Wildman–Crippen LogP) is 0.100. The zero-order chi connectivity index (χ0) is 12.9. The summed E-state index contributed by atoms with van der Waals surface area (Å²) in [4.78, 5) is 24.8. The van der Waals surface area contributed by atoms with E-state index in [4.69, 9.17) is 5.73 Å². The predicted molar refractivity (Wildman–Crippen MR) is 66.3 cm³/mol. The first kappa shape index (κ1) is 14.0. The molecule has 5 nitrogen and oxygen atoms in total. The lowest BCUT2D eigenvalue weighted by atomic mass is 9.66. The van der Waals surface area contributed by atoms with Crippen LogP contribution in [0.2, 0.25) is 0 Å². The Kier molecular flexibility index (Phi) is 4.93. The molecule has 1 aliphatic carbocycles. The van der Waals surface area contributed by atoms with Crippen molar-refractivity contribution in [2.24, 2.45) is 11.1 Å². The van der Waals surface area contributed by atoms with Gasteiger partial charge in [-0.15, -0.1) is 0 Å². The van der Waals surface area contributed by atoms with E-state index in [0.717, 1.165) is 19.3 Å². The van der Waals surface area contributed by atoms with Crippen molar-refractivity contribution >= 4 is 11.8 Å². The molecule has 1 rings (SSSR count). The SMILES string of the molecule is CCN(C)C(=O)CNC(=O)CC1(CN)CCC1. The van der Waals surface area contributed by atoms with Crippen molar-refractivity contribution < 1.29 is 9.59 Å². The number of amides is 2. The molecule has 98 valence electrons. The average Bonchev–Trinajstić information content (AvgIpc) is 2.29. The van der Waals surface area contributed by atoms with E-state index in [1.807, 2.05) is 6.92 Å². The van der Waals surface area contributed by atoms with Crippen molar-refractivity contribution in [3.63, 3.8) is 0 Å². The first-order valence-electron chi connectivity index (χ1n) is 6.24. The number of hydrogen-bond acceptors (Lipinski definition) is 3. The van der Waals surface area contributed by atoms with Crippen molar-refractivity contribution in [2.45, 2.75) is 32.6 Å². The third-order valence-electron chi connectivity index (χ3n) is 3.72. The first-order chi connectivity index (χ1) is 8.03. The van der Waals surface area contributed by atoms with Crippen LogP contribution in [0.3, 0.4) is 0 Å². The van der Waals surface area contributed by atoms with Gasteiger partial charge in [-0.25, -0.2) is 0 Å². The van der Waals surface area contributed by atoms with Crippen LogP contribution in [0.4, 0.5) is 0 Å². The van der Waals surface area contributed by atoms with Crippen LogP contribution in [0.25, 0.3) is 0 Å². The number of nitrogens with one attached hydrogen (secondary N) is 1. The quantitative estimate of drug-likeness (QED) is 0.692. The number of carbonyl (C=O) groups is 2. The summed E-state index contributed by atoms with van der Waals surface area (Å²) in [6.45, 7) is 3.20. The van der Waals surface area contributed by atoms with Gasteiger partial charge in [0.15, 0.2) is 0 Å². The molecular weight excluding hydrogens is 218 g/mol. The molecule has 0 bridgehead atoms. The van der Waals surface area contributed by atoms with E-state index in [-0.39, 0.29) is 23.8 Å². The molecule has 5 heteroatoms. The van der Waals surface area contributed by atoms with Crippen molar-refractivity contribution in [1.29, 1.82) is 0 Å². The third-order valence-corrected chi connectivity index (χ3v) is 3.72. The lowest BCUT2D eigenvalue weighted by molar-refractivity contribution is -0.132. The Balaban J connectivity index is 2.28. The molecule has 1 aliphatic rings. The summed E-state index contributed by atoms with van der Waals surface area (Å²) in [6.07, 6.45) is 3.66. The molecule has 0 heterocycles. The number of hydrogen-bond donors (Lipinski definition) is 2. The molecule has 0 unspecified atom stereocenters. The summed E-state index contributed by atoms with van der Waals surface area (Å²) in [6, 6.07) is 0. The van der Waals surface area contributed by atoms with Crippen LogP contribution in [0.15, 0.2) is 0 Å².